The molecule has 0 unspecified atom stereocenters. The Morgan fingerprint density at radius 1 is 1.11 bits per heavy atom. The van der Waals surface area contributed by atoms with E-state index in [1.165, 1.54) is 50.3 Å². The first-order valence-electron chi connectivity index (χ1n) is 9.76. The summed E-state index contributed by atoms with van der Waals surface area (Å²) in [6.45, 7) is 4.37. The number of hydrogen-bond donors (Lipinski definition) is 2. The Morgan fingerprint density at radius 2 is 1.89 bits per heavy atom. The minimum absolute atomic E-state index is 0.0313. The van der Waals surface area contributed by atoms with Crippen LogP contribution in [0.3, 0.4) is 0 Å². The number of nitrogens with zero attached hydrogens (tertiary/aromatic N) is 3. The molecule has 1 aromatic carbocycles. The number of nitrogens with one attached hydrogen (secondary N) is 1. The lowest BCUT2D eigenvalue weighted by atomic mass is 9.90. The number of hydrogen-bond acceptors (Lipinski definition) is 5. The van der Waals surface area contributed by atoms with E-state index >= 15 is 0 Å². The summed E-state index contributed by atoms with van der Waals surface area (Å²) in [5.41, 5.74) is 1.43. The Morgan fingerprint density at radius 3 is 2.56 bits per heavy atom. The van der Waals surface area contributed by atoms with Crippen molar-refractivity contribution in [1.82, 2.24) is 14.9 Å². The SMILES string of the molecule is O=C(O)c1cnc(NCCCCN2CCC(Cc3ccccc3)CC2)cn1. The molecule has 3 rings (SSSR count). The quantitative estimate of drug-likeness (QED) is 0.661. The van der Waals surface area contributed by atoms with Crippen LogP contribution in [0.4, 0.5) is 5.82 Å². The second-order valence-corrected chi connectivity index (χ2v) is 7.20. The summed E-state index contributed by atoms with van der Waals surface area (Å²) in [6, 6.07) is 10.8. The van der Waals surface area contributed by atoms with E-state index in [2.05, 4.69) is 50.5 Å². The molecule has 0 atom stereocenters. The molecule has 0 bridgehead atoms. The van der Waals surface area contributed by atoms with E-state index in [-0.39, 0.29) is 5.69 Å². The Bertz CT molecular complexity index is 698. The maximum atomic E-state index is 10.7. The van der Waals surface area contributed by atoms with Crippen LogP contribution in [-0.2, 0) is 6.42 Å². The third kappa shape index (κ3) is 6.32. The predicted octanol–water partition coefficient (Wildman–Crippen LogP) is 3.32. The van der Waals surface area contributed by atoms with Crippen LogP contribution < -0.4 is 5.32 Å². The zero-order chi connectivity index (χ0) is 18.9. The smallest absolute Gasteiger partial charge is 0.356 e. The van der Waals surface area contributed by atoms with Crippen molar-refractivity contribution in [2.24, 2.45) is 5.92 Å². The molecule has 0 spiro atoms. The third-order valence-corrected chi connectivity index (χ3v) is 5.15. The van der Waals surface area contributed by atoms with Gasteiger partial charge >= 0.3 is 5.97 Å². The summed E-state index contributed by atoms with van der Waals surface area (Å²) in [4.78, 5) is 21.2. The molecule has 27 heavy (non-hydrogen) atoms. The lowest BCUT2D eigenvalue weighted by Crippen LogP contribution is -2.35. The van der Waals surface area contributed by atoms with Gasteiger partial charge in [0.2, 0.25) is 0 Å². The topological polar surface area (TPSA) is 78.3 Å². The van der Waals surface area contributed by atoms with Crippen molar-refractivity contribution in [2.75, 3.05) is 31.5 Å². The number of likely N-dealkylation sites (tertiary alicyclic amines) is 1. The van der Waals surface area contributed by atoms with Gasteiger partial charge in [-0.15, -0.1) is 0 Å². The zero-order valence-electron chi connectivity index (χ0n) is 15.7. The van der Waals surface area contributed by atoms with Crippen molar-refractivity contribution in [3.05, 3.63) is 54.0 Å². The van der Waals surface area contributed by atoms with Gasteiger partial charge in [0.15, 0.2) is 5.69 Å². The number of aromatic nitrogens is 2. The van der Waals surface area contributed by atoms with Crippen LogP contribution in [0.15, 0.2) is 42.7 Å². The molecule has 1 fully saturated rings. The first-order valence-corrected chi connectivity index (χ1v) is 9.76. The van der Waals surface area contributed by atoms with Gasteiger partial charge in [0.25, 0.3) is 0 Å². The number of unbranched alkanes of at least 4 members (excludes halogenated alkanes) is 1. The van der Waals surface area contributed by atoms with Crippen molar-refractivity contribution in [3.8, 4) is 0 Å². The molecular weight excluding hydrogens is 340 g/mol. The number of benzene rings is 1. The highest BCUT2D eigenvalue weighted by atomic mass is 16.4. The van der Waals surface area contributed by atoms with Crippen molar-refractivity contribution < 1.29 is 9.90 Å². The Balaban J connectivity index is 1.26. The zero-order valence-corrected chi connectivity index (χ0v) is 15.7. The van der Waals surface area contributed by atoms with Crippen LogP contribution in [0.25, 0.3) is 0 Å². The van der Waals surface area contributed by atoms with Gasteiger partial charge in [-0.1, -0.05) is 30.3 Å². The van der Waals surface area contributed by atoms with Crippen LogP contribution in [0, 0.1) is 5.92 Å². The Hall–Kier alpha value is -2.47. The van der Waals surface area contributed by atoms with Gasteiger partial charge in [0.05, 0.1) is 12.4 Å². The first-order chi connectivity index (χ1) is 13.2. The molecule has 0 radical (unpaired) electrons. The molecule has 6 heteroatoms. The number of carboxylic acids is 1. The summed E-state index contributed by atoms with van der Waals surface area (Å²) in [6.07, 6.45) is 8.76. The summed E-state index contributed by atoms with van der Waals surface area (Å²) >= 11 is 0. The van der Waals surface area contributed by atoms with Gasteiger partial charge in [-0.3, -0.25) is 0 Å². The number of aromatic carboxylic acids is 1. The van der Waals surface area contributed by atoms with Gasteiger partial charge in [-0.2, -0.15) is 0 Å². The normalized spacial score (nSPS) is 15.6. The van der Waals surface area contributed by atoms with Gasteiger partial charge in [-0.25, -0.2) is 14.8 Å². The number of rotatable bonds is 9. The van der Waals surface area contributed by atoms with E-state index < -0.39 is 5.97 Å². The van der Waals surface area contributed by atoms with Crippen LogP contribution in [0.5, 0.6) is 0 Å². The lowest BCUT2D eigenvalue weighted by Gasteiger charge is -2.32. The molecule has 2 aromatic rings. The van der Waals surface area contributed by atoms with E-state index in [1.807, 2.05) is 0 Å². The monoisotopic (exact) mass is 368 g/mol. The minimum atomic E-state index is -1.05. The second kappa shape index (κ2) is 10.0. The first kappa shape index (κ1) is 19.3. The van der Waals surface area contributed by atoms with E-state index in [9.17, 15) is 4.79 Å². The average Bonchev–Trinajstić information content (AvgIpc) is 2.70. The number of carboxylic acid groups (broad SMARTS) is 1. The molecule has 1 aliphatic rings. The third-order valence-electron chi connectivity index (χ3n) is 5.15. The van der Waals surface area contributed by atoms with Crippen molar-refractivity contribution in [2.45, 2.75) is 32.1 Å². The minimum Gasteiger partial charge on any atom is -0.476 e. The standard InChI is InChI=1S/C21H28N4O2/c26-21(27)19-15-24-20(16-23-19)22-10-4-5-11-25-12-8-18(9-13-25)14-17-6-2-1-3-7-17/h1-3,6-7,15-16,18H,4-5,8-14H2,(H,22,24)(H,26,27). The second-order valence-electron chi connectivity index (χ2n) is 7.20. The molecule has 2 N–H and O–H groups in total. The highest BCUT2D eigenvalue weighted by Crippen LogP contribution is 2.21. The van der Waals surface area contributed by atoms with E-state index in [4.69, 9.17) is 5.11 Å². The van der Waals surface area contributed by atoms with Crippen molar-refractivity contribution in [3.63, 3.8) is 0 Å². The highest BCUT2D eigenvalue weighted by molar-refractivity contribution is 5.84. The van der Waals surface area contributed by atoms with E-state index in [0.29, 0.717) is 5.82 Å². The predicted molar refractivity (Wildman–Crippen MR) is 106 cm³/mol. The number of carbonyl (C=O) groups is 1. The molecular formula is C21H28N4O2. The number of piperidine rings is 1. The van der Waals surface area contributed by atoms with Crippen molar-refractivity contribution >= 4 is 11.8 Å². The molecule has 6 nitrogen and oxygen atoms in total. The van der Waals surface area contributed by atoms with Gasteiger partial charge in [-0.05, 0) is 63.2 Å². The van der Waals surface area contributed by atoms with Gasteiger partial charge in [0, 0.05) is 6.54 Å². The average molecular weight is 368 g/mol. The number of anilines is 1. The van der Waals surface area contributed by atoms with Crippen LogP contribution in [0.2, 0.25) is 0 Å². The van der Waals surface area contributed by atoms with Gasteiger partial charge in [0.1, 0.15) is 5.82 Å². The lowest BCUT2D eigenvalue weighted by molar-refractivity contribution is 0.0690. The van der Waals surface area contributed by atoms with E-state index in [1.54, 1.807) is 0 Å². The van der Waals surface area contributed by atoms with Crippen LogP contribution in [0.1, 0.15) is 41.7 Å². The van der Waals surface area contributed by atoms with Crippen LogP contribution >= 0.6 is 0 Å². The fraction of sp³-hybridized carbons (Fsp3) is 0.476. The molecule has 0 saturated carbocycles. The molecule has 0 amide bonds. The van der Waals surface area contributed by atoms with Gasteiger partial charge < -0.3 is 15.3 Å². The Labute approximate surface area is 160 Å². The Kier molecular flexibility index (Phi) is 7.16. The maximum Gasteiger partial charge on any atom is 0.356 e. The summed E-state index contributed by atoms with van der Waals surface area (Å²) in [7, 11) is 0. The molecule has 1 aromatic heterocycles. The maximum absolute atomic E-state index is 10.7. The highest BCUT2D eigenvalue weighted by Gasteiger charge is 2.18. The molecule has 1 aliphatic heterocycles. The summed E-state index contributed by atoms with van der Waals surface area (Å²) < 4.78 is 0. The largest absolute Gasteiger partial charge is 0.476 e. The molecule has 144 valence electrons. The fourth-order valence-corrected chi connectivity index (χ4v) is 3.57. The fourth-order valence-electron chi connectivity index (χ4n) is 3.57. The van der Waals surface area contributed by atoms with Crippen molar-refractivity contribution in [1.29, 1.82) is 0 Å². The van der Waals surface area contributed by atoms with Crippen LogP contribution in [-0.4, -0.2) is 52.1 Å². The molecule has 0 aliphatic carbocycles. The summed E-state index contributed by atoms with van der Waals surface area (Å²) in [5, 5.41) is 12.0. The summed E-state index contributed by atoms with van der Waals surface area (Å²) in [5.74, 6) is 0.390. The molecule has 1 saturated heterocycles. The van der Waals surface area contributed by atoms with E-state index in [0.717, 1.165) is 31.8 Å². The molecule has 2 heterocycles.